The first-order valence-electron chi connectivity index (χ1n) is 10.9. The monoisotopic (exact) mass is 497 g/mol. The van der Waals surface area contributed by atoms with Crippen molar-refractivity contribution >= 4 is 17.6 Å². The molecule has 0 amide bonds. The summed E-state index contributed by atoms with van der Waals surface area (Å²) >= 11 is 5.88. The number of halogens is 2. The van der Waals surface area contributed by atoms with Gasteiger partial charge in [0.25, 0.3) is 5.56 Å². The lowest BCUT2D eigenvalue weighted by Crippen LogP contribution is -2.44. The van der Waals surface area contributed by atoms with Crippen molar-refractivity contribution in [3.05, 3.63) is 67.7 Å². The number of carbonyl (C=O) groups is 1. The number of hydrogen-bond acceptors (Lipinski definition) is 8. The van der Waals surface area contributed by atoms with Gasteiger partial charge in [0.2, 0.25) is 5.82 Å². The summed E-state index contributed by atoms with van der Waals surface area (Å²) in [5.41, 5.74) is -1.26. The molecule has 2 aliphatic heterocycles. The van der Waals surface area contributed by atoms with Gasteiger partial charge in [0.1, 0.15) is 18.4 Å². The number of aliphatic hydroxyl groups is 1. The van der Waals surface area contributed by atoms with Crippen LogP contribution in [0, 0.1) is 5.82 Å². The van der Waals surface area contributed by atoms with Crippen molar-refractivity contribution in [1.82, 2.24) is 14.5 Å². The maximum atomic E-state index is 14.4. The number of aliphatic hydroxyl groups excluding tert-OH is 1. The largest absolute Gasteiger partial charge is 0.442 e. The van der Waals surface area contributed by atoms with Crippen molar-refractivity contribution < 1.29 is 28.5 Å². The van der Waals surface area contributed by atoms with Gasteiger partial charge in [0.15, 0.2) is 6.73 Å². The van der Waals surface area contributed by atoms with Crippen LogP contribution in [0.2, 0.25) is 5.02 Å². The predicted octanol–water partition coefficient (Wildman–Crippen LogP) is 0.920. The fraction of sp³-hybridized carbons (Fsp3) is 0.500. The van der Waals surface area contributed by atoms with Crippen molar-refractivity contribution in [2.24, 2.45) is 0 Å². The molecule has 34 heavy (non-hydrogen) atoms. The van der Waals surface area contributed by atoms with Gasteiger partial charge in [-0.1, -0.05) is 23.7 Å². The number of carbonyl (C=O) groups excluding carboxylic acids is 1. The smallest absolute Gasteiger partial charge is 0.336 e. The van der Waals surface area contributed by atoms with Crippen LogP contribution < -0.4 is 16.6 Å². The molecule has 184 valence electrons. The first-order chi connectivity index (χ1) is 16.4. The minimum absolute atomic E-state index is 0.127. The van der Waals surface area contributed by atoms with E-state index in [0.29, 0.717) is 22.6 Å². The lowest BCUT2D eigenvalue weighted by Gasteiger charge is -2.17. The summed E-state index contributed by atoms with van der Waals surface area (Å²) in [6.45, 7) is -0.231. The average Bonchev–Trinajstić information content (AvgIpc) is 3.51. The molecule has 0 saturated carbocycles. The van der Waals surface area contributed by atoms with Crippen LogP contribution in [0.3, 0.4) is 0 Å². The zero-order chi connectivity index (χ0) is 24.2. The Morgan fingerprint density at radius 2 is 2.06 bits per heavy atom. The van der Waals surface area contributed by atoms with Crippen LogP contribution in [0.4, 0.5) is 4.39 Å². The van der Waals surface area contributed by atoms with E-state index in [1.807, 2.05) is 0 Å². The second-order valence-corrected chi connectivity index (χ2v) is 8.60. The van der Waals surface area contributed by atoms with Gasteiger partial charge in [0.05, 0.1) is 25.5 Å². The van der Waals surface area contributed by atoms with Crippen molar-refractivity contribution in [3.63, 3.8) is 0 Å². The molecule has 3 heterocycles. The summed E-state index contributed by atoms with van der Waals surface area (Å²) in [6.07, 6.45) is -0.0836. The molecule has 2 aliphatic rings. The van der Waals surface area contributed by atoms with Crippen LogP contribution in [0.15, 0.2) is 40.1 Å². The molecule has 0 bridgehead atoms. The molecular weight excluding hydrogens is 473 g/mol. The van der Waals surface area contributed by atoms with Gasteiger partial charge in [-0.3, -0.25) is 14.2 Å². The van der Waals surface area contributed by atoms with Crippen molar-refractivity contribution in [1.29, 1.82) is 0 Å². The molecule has 1 aromatic heterocycles. The number of rotatable bonds is 8. The second kappa shape index (κ2) is 10.8. The van der Waals surface area contributed by atoms with Crippen LogP contribution in [-0.4, -0.2) is 51.6 Å². The van der Waals surface area contributed by atoms with Crippen LogP contribution in [0.5, 0.6) is 0 Å². The molecule has 10 nitrogen and oxygen atoms in total. The Morgan fingerprint density at radius 3 is 2.74 bits per heavy atom. The Labute approximate surface area is 198 Å². The standard InChI is InChI=1S/C22H25ClFN3O7/c23-14-5-3-13(4-6-14)11-32-17-8-19(34-18(17)10-28)26-9-15(24)20(29)27(22(26)31)12-33-21(30)16-2-1-7-25-16/h3-6,9,16-19,25,28H,1-2,7-8,10-12H2/t16-,17?,18+,19+/m0/s1. The van der Waals surface area contributed by atoms with Crippen LogP contribution in [-0.2, 0) is 32.3 Å². The van der Waals surface area contributed by atoms with Gasteiger partial charge in [-0.25, -0.2) is 9.36 Å². The van der Waals surface area contributed by atoms with E-state index in [1.165, 1.54) is 0 Å². The van der Waals surface area contributed by atoms with Gasteiger partial charge < -0.3 is 24.6 Å². The molecule has 2 saturated heterocycles. The van der Waals surface area contributed by atoms with Gasteiger partial charge in [-0.05, 0) is 37.1 Å². The predicted molar refractivity (Wildman–Crippen MR) is 118 cm³/mol. The highest BCUT2D eigenvalue weighted by molar-refractivity contribution is 6.30. The summed E-state index contributed by atoms with van der Waals surface area (Å²) in [4.78, 5) is 37.3. The first kappa shape index (κ1) is 24.6. The average molecular weight is 498 g/mol. The normalized spacial score (nSPS) is 24.4. The van der Waals surface area contributed by atoms with Crippen molar-refractivity contribution in [2.75, 3.05) is 13.2 Å². The van der Waals surface area contributed by atoms with Crippen LogP contribution in [0.1, 0.15) is 31.1 Å². The lowest BCUT2D eigenvalue weighted by atomic mass is 10.1. The van der Waals surface area contributed by atoms with Crippen LogP contribution >= 0.6 is 11.6 Å². The molecule has 0 aliphatic carbocycles. The number of nitrogens with zero attached hydrogens (tertiary/aromatic N) is 2. The number of ether oxygens (including phenoxy) is 3. The molecule has 12 heteroatoms. The van der Waals surface area contributed by atoms with Crippen molar-refractivity contribution in [2.45, 2.75) is 57.1 Å². The zero-order valence-electron chi connectivity index (χ0n) is 18.2. The topological polar surface area (TPSA) is 121 Å². The molecule has 4 rings (SSSR count). The highest BCUT2D eigenvalue weighted by Crippen LogP contribution is 2.30. The highest BCUT2D eigenvalue weighted by Gasteiger charge is 2.38. The molecule has 2 N–H and O–H groups in total. The summed E-state index contributed by atoms with van der Waals surface area (Å²) in [6, 6.07) is 6.51. The molecule has 2 fully saturated rings. The number of benzene rings is 1. The van der Waals surface area contributed by atoms with E-state index in [1.54, 1.807) is 24.3 Å². The van der Waals surface area contributed by atoms with E-state index in [0.717, 1.165) is 22.7 Å². The SMILES string of the molecule is O=C(OCn1c(=O)c(F)cn([C@H]2CC(OCc3ccc(Cl)cc3)[C@@H](CO)O2)c1=O)[C@@H]1CCCN1. The number of hydrogen-bond donors (Lipinski definition) is 2. The van der Waals surface area contributed by atoms with Crippen molar-refractivity contribution in [3.8, 4) is 0 Å². The third-order valence-electron chi connectivity index (χ3n) is 5.88. The fourth-order valence-electron chi connectivity index (χ4n) is 4.02. The van der Waals surface area contributed by atoms with E-state index in [9.17, 15) is 23.9 Å². The Bertz CT molecular complexity index is 1130. The van der Waals surface area contributed by atoms with Gasteiger partial charge in [-0.15, -0.1) is 0 Å². The fourth-order valence-corrected chi connectivity index (χ4v) is 4.14. The van der Waals surface area contributed by atoms with E-state index >= 15 is 0 Å². The Kier molecular flexibility index (Phi) is 7.79. The molecular formula is C22H25ClFN3O7. The van der Waals surface area contributed by atoms with E-state index in [4.69, 9.17) is 25.8 Å². The third kappa shape index (κ3) is 5.39. The molecule has 0 spiro atoms. The summed E-state index contributed by atoms with van der Waals surface area (Å²) in [7, 11) is 0. The molecule has 1 unspecified atom stereocenters. The molecule has 2 aromatic rings. The zero-order valence-corrected chi connectivity index (χ0v) is 18.9. The Balaban J connectivity index is 1.48. The Hall–Kier alpha value is -2.57. The number of nitrogens with one attached hydrogen (secondary N) is 1. The summed E-state index contributed by atoms with van der Waals surface area (Å²) in [5, 5.41) is 13.2. The Morgan fingerprint density at radius 1 is 1.29 bits per heavy atom. The highest BCUT2D eigenvalue weighted by atomic mass is 35.5. The number of aromatic nitrogens is 2. The van der Waals surface area contributed by atoms with E-state index in [2.05, 4.69) is 5.32 Å². The quantitative estimate of drug-likeness (QED) is 0.516. The van der Waals surface area contributed by atoms with Gasteiger partial charge in [-0.2, -0.15) is 4.39 Å². The van der Waals surface area contributed by atoms with Gasteiger partial charge in [0, 0.05) is 11.4 Å². The molecule has 4 atom stereocenters. The third-order valence-corrected chi connectivity index (χ3v) is 6.13. The summed E-state index contributed by atoms with van der Waals surface area (Å²) in [5.74, 6) is -1.82. The minimum atomic E-state index is -1.21. The summed E-state index contributed by atoms with van der Waals surface area (Å²) < 4.78 is 32.5. The lowest BCUT2D eigenvalue weighted by molar-refractivity contribution is -0.150. The first-order valence-corrected chi connectivity index (χ1v) is 11.3. The molecule has 1 aromatic carbocycles. The van der Waals surface area contributed by atoms with E-state index in [-0.39, 0.29) is 19.6 Å². The number of esters is 1. The van der Waals surface area contributed by atoms with Crippen LogP contribution in [0.25, 0.3) is 0 Å². The minimum Gasteiger partial charge on any atom is -0.442 e. The maximum absolute atomic E-state index is 14.4. The van der Waals surface area contributed by atoms with E-state index < -0.39 is 54.2 Å². The van der Waals surface area contributed by atoms with Gasteiger partial charge >= 0.3 is 11.7 Å². The molecule has 0 radical (unpaired) electrons. The maximum Gasteiger partial charge on any atom is 0.336 e. The second-order valence-electron chi connectivity index (χ2n) is 8.16.